The summed E-state index contributed by atoms with van der Waals surface area (Å²) in [7, 11) is 0. The number of rotatable bonds is 5. The van der Waals surface area contributed by atoms with Gasteiger partial charge in [0.25, 0.3) is 0 Å². The molecule has 0 amide bonds. The van der Waals surface area contributed by atoms with Crippen molar-refractivity contribution in [2.24, 2.45) is 0 Å². The van der Waals surface area contributed by atoms with Crippen LogP contribution in [0, 0.1) is 0 Å². The summed E-state index contributed by atoms with van der Waals surface area (Å²) in [6, 6.07) is 11.0. The zero-order chi connectivity index (χ0) is 13.0. The molecule has 1 nitrogen and oxygen atoms in total. The van der Waals surface area contributed by atoms with Crippen molar-refractivity contribution < 1.29 is 0 Å². The van der Waals surface area contributed by atoms with Crippen LogP contribution in [0.25, 0.3) is 0 Å². The molecule has 0 saturated heterocycles. The van der Waals surface area contributed by atoms with Gasteiger partial charge in [0.1, 0.15) is 0 Å². The van der Waals surface area contributed by atoms with Gasteiger partial charge in [0.05, 0.1) is 0 Å². The SMILES string of the molecule is CC(NCCc1cccs1)c1ccc(Br)cc1Br. The van der Waals surface area contributed by atoms with Crippen molar-refractivity contribution in [2.75, 3.05) is 6.54 Å². The van der Waals surface area contributed by atoms with Gasteiger partial charge in [-0.15, -0.1) is 11.3 Å². The summed E-state index contributed by atoms with van der Waals surface area (Å²) in [5.41, 5.74) is 1.30. The first-order chi connectivity index (χ1) is 8.66. The van der Waals surface area contributed by atoms with Gasteiger partial charge < -0.3 is 5.32 Å². The molecule has 0 aliphatic rings. The molecule has 1 aromatic carbocycles. The summed E-state index contributed by atoms with van der Waals surface area (Å²) in [6.07, 6.45) is 1.09. The molecule has 2 rings (SSSR count). The third-order valence-electron chi connectivity index (χ3n) is 2.83. The maximum absolute atomic E-state index is 3.61. The number of benzene rings is 1. The Bertz CT molecular complexity index is 497. The third-order valence-corrected chi connectivity index (χ3v) is 4.95. The van der Waals surface area contributed by atoms with E-state index in [9.17, 15) is 0 Å². The predicted octanol–water partition coefficient (Wildman–Crippen LogP) is 5.17. The van der Waals surface area contributed by atoms with Crippen molar-refractivity contribution in [2.45, 2.75) is 19.4 Å². The van der Waals surface area contributed by atoms with E-state index in [-0.39, 0.29) is 0 Å². The number of hydrogen-bond acceptors (Lipinski definition) is 2. The lowest BCUT2D eigenvalue weighted by molar-refractivity contribution is 0.576. The molecule has 1 N–H and O–H groups in total. The molecular formula is C14H15Br2NS. The highest BCUT2D eigenvalue weighted by atomic mass is 79.9. The van der Waals surface area contributed by atoms with Gasteiger partial charge in [-0.1, -0.05) is 44.0 Å². The minimum Gasteiger partial charge on any atom is -0.310 e. The Balaban J connectivity index is 1.89. The van der Waals surface area contributed by atoms with Gasteiger partial charge >= 0.3 is 0 Å². The fourth-order valence-corrected chi connectivity index (χ4v) is 3.93. The van der Waals surface area contributed by atoms with Crippen LogP contribution in [0.1, 0.15) is 23.4 Å². The molecule has 1 heterocycles. The third kappa shape index (κ3) is 3.92. The smallest absolute Gasteiger partial charge is 0.0303 e. The molecule has 1 unspecified atom stereocenters. The average molecular weight is 389 g/mol. The quantitative estimate of drug-likeness (QED) is 0.745. The summed E-state index contributed by atoms with van der Waals surface area (Å²) in [4.78, 5) is 1.43. The highest BCUT2D eigenvalue weighted by Crippen LogP contribution is 2.26. The van der Waals surface area contributed by atoms with E-state index in [0.29, 0.717) is 6.04 Å². The molecule has 1 atom stereocenters. The number of thiophene rings is 1. The van der Waals surface area contributed by atoms with Crippen molar-refractivity contribution in [1.82, 2.24) is 5.32 Å². The lowest BCUT2D eigenvalue weighted by atomic mass is 10.1. The summed E-state index contributed by atoms with van der Waals surface area (Å²) in [6.45, 7) is 3.20. The molecule has 0 aliphatic carbocycles. The molecule has 0 aliphatic heterocycles. The summed E-state index contributed by atoms with van der Waals surface area (Å²) in [5.74, 6) is 0. The number of hydrogen-bond donors (Lipinski definition) is 1. The van der Waals surface area contributed by atoms with Crippen LogP contribution < -0.4 is 5.32 Å². The van der Waals surface area contributed by atoms with Crippen molar-refractivity contribution in [3.8, 4) is 0 Å². The molecule has 0 saturated carbocycles. The van der Waals surface area contributed by atoms with E-state index >= 15 is 0 Å². The minimum atomic E-state index is 0.354. The van der Waals surface area contributed by atoms with E-state index in [1.807, 2.05) is 11.3 Å². The Morgan fingerprint density at radius 1 is 1.28 bits per heavy atom. The van der Waals surface area contributed by atoms with Crippen molar-refractivity contribution in [3.05, 3.63) is 55.1 Å². The largest absolute Gasteiger partial charge is 0.310 e. The van der Waals surface area contributed by atoms with Gasteiger partial charge in [-0.25, -0.2) is 0 Å². The summed E-state index contributed by atoms with van der Waals surface area (Å²) in [5, 5.41) is 5.69. The molecule has 0 bridgehead atoms. The van der Waals surface area contributed by atoms with E-state index in [1.165, 1.54) is 10.4 Å². The van der Waals surface area contributed by atoms with Crippen LogP contribution in [-0.2, 0) is 6.42 Å². The highest BCUT2D eigenvalue weighted by Gasteiger charge is 2.08. The van der Waals surface area contributed by atoms with Crippen LogP contribution in [0.4, 0.5) is 0 Å². The number of halogens is 2. The molecule has 96 valence electrons. The van der Waals surface area contributed by atoms with E-state index in [1.54, 1.807) is 0 Å². The van der Waals surface area contributed by atoms with Gasteiger partial charge in [-0.3, -0.25) is 0 Å². The fraction of sp³-hybridized carbons (Fsp3) is 0.286. The monoisotopic (exact) mass is 387 g/mol. The molecule has 18 heavy (non-hydrogen) atoms. The predicted molar refractivity (Wildman–Crippen MR) is 86.3 cm³/mol. The van der Waals surface area contributed by atoms with Crippen LogP contribution in [0.5, 0.6) is 0 Å². The zero-order valence-corrected chi connectivity index (χ0v) is 14.1. The second-order valence-electron chi connectivity index (χ2n) is 4.17. The molecule has 4 heteroatoms. The minimum absolute atomic E-state index is 0.354. The van der Waals surface area contributed by atoms with Crippen LogP contribution in [0.3, 0.4) is 0 Å². The highest BCUT2D eigenvalue weighted by molar-refractivity contribution is 9.11. The molecule has 0 radical (unpaired) electrons. The first kappa shape index (κ1) is 14.3. The van der Waals surface area contributed by atoms with Crippen LogP contribution in [-0.4, -0.2) is 6.54 Å². The zero-order valence-electron chi connectivity index (χ0n) is 10.1. The maximum Gasteiger partial charge on any atom is 0.0303 e. The van der Waals surface area contributed by atoms with Crippen LogP contribution in [0.2, 0.25) is 0 Å². The van der Waals surface area contributed by atoms with Gasteiger partial charge in [0.15, 0.2) is 0 Å². The average Bonchev–Trinajstić information content (AvgIpc) is 2.81. The molecule has 0 fully saturated rings. The second-order valence-corrected chi connectivity index (χ2v) is 6.97. The Kier molecular flexibility index (Phi) is 5.42. The van der Waals surface area contributed by atoms with Gasteiger partial charge in [0, 0.05) is 26.4 Å². The topological polar surface area (TPSA) is 12.0 Å². The first-order valence-corrected chi connectivity index (χ1v) is 8.34. The lowest BCUT2D eigenvalue weighted by Crippen LogP contribution is -2.21. The normalized spacial score (nSPS) is 12.6. The second kappa shape index (κ2) is 6.85. The number of nitrogens with one attached hydrogen (secondary N) is 1. The lowest BCUT2D eigenvalue weighted by Gasteiger charge is -2.15. The van der Waals surface area contributed by atoms with Crippen LogP contribution in [0.15, 0.2) is 44.7 Å². The Morgan fingerprint density at radius 2 is 2.11 bits per heavy atom. The fourth-order valence-electron chi connectivity index (χ4n) is 1.83. The van der Waals surface area contributed by atoms with Gasteiger partial charge in [-0.2, -0.15) is 0 Å². The molecule has 2 aromatic rings. The van der Waals surface area contributed by atoms with Gasteiger partial charge in [0.2, 0.25) is 0 Å². The van der Waals surface area contributed by atoms with Gasteiger partial charge in [-0.05, 0) is 42.5 Å². The van der Waals surface area contributed by atoms with E-state index < -0.39 is 0 Å². The van der Waals surface area contributed by atoms with Crippen LogP contribution >= 0.6 is 43.2 Å². The van der Waals surface area contributed by atoms with Crippen molar-refractivity contribution >= 4 is 43.2 Å². The molecular weight excluding hydrogens is 374 g/mol. The molecule has 0 spiro atoms. The van der Waals surface area contributed by atoms with Crippen molar-refractivity contribution in [1.29, 1.82) is 0 Å². The standard InChI is InChI=1S/C14H15Br2NS/c1-10(13-5-4-11(15)9-14(13)16)17-7-6-12-3-2-8-18-12/h2-5,8-10,17H,6-7H2,1H3. The Hall–Kier alpha value is -0.160. The maximum atomic E-state index is 3.61. The molecule has 1 aromatic heterocycles. The summed E-state index contributed by atoms with van der Waals surface area (Å²) >= 11 is 8.91. The van der Waals surface area contributed by atoms with E-state index in [2.05, 4.69) is 79.8 Å². The first-order valence-electron chi connectivity index (χ1n) is 5.87. The van der Waals surface area contributed by atoms with E-state index in [4.69, 9.17) is 0 Å². The Labute approximate surface area is 129 Å². The Morgan fingerprint density at radius 3 is 2.78 bits per heavy atom. The van der Waals surface area contributed by atoms with E-state index in [0.717, 1.165) is 21.9 Å². The summed E-state index contributed by atoms with van der Waals surface area (Å²) < 4.78 is 2.25. The van der Waals surface area contributed by atoms with Crippen molar-refractivity contribution in [3.63, 3.8) is 0 Å².